The number of benzene rings is 3. The molecular weight excluding hydrogens is 411 g/mol. The predicted molar refractivity (Wildman–Crippen MR) is 111 cm³/mol. The number of hydrogen-bond acceptors (Lipinski definition) is 5. The molecule has 0 aromatic heterocycles. The average Bonchev–Trinajstić information content (AvgIpc) is 2.73. The highest BCUT2D eigenvalue weighted by atomic mass is 19.4. The van der Waals surface area contributed by atoms with Gasteiger partial charge in [0.05, 0.1) is 16.7 Å². The number of hydrogen-bond donors (Lipinski definition) is 1. The van der Waals surface area contributed by atoms with Gasteiger partial charge in [0, 0.05) is 6.07 Å². The Morgan fingerprint density at radius 3 is 2.35 bits per heavy atom. The van der Waals surface area contributed by atoms with Crippen molar-refractivity contribution < 1.29 is 22.8 Å². The van der Waals surface area contributed by atoms with E-state index in [9.17, 15) is 23.3 Å². The summed E-state index contributed by atoms with van der Waals surface area (Å²) >= 11 is 0. The van der Waals surface area contributed by atoms with E-state index in [-0.39, 0.29) is 5.69 Å². The van der Waals surface area contributed by atoms with Crippen molar-refractivity contribution in [2.75, 3.05) is 5.43 Å². The van der Waals surface area contributed by atoms with E-state index in [0.29, 0.717) is 24.0 Å². The molecule has 0 unspecified atom stereocenters. The standard InChI is InChI=1S/C22H18F3N3O3/c1-15-2-4-17(5-3-15)14-31-19-9-6-16(7-10-19)13-26-27-20-11-8-18(22(23,24)25)12-21(20)28(29)30/h2-13,27H,14H2,1H3/b26-13-. The van der Waals surface area contributed by atoms with E-state index in [1.807, 2.05) is 31.2 Å². The maximum atomic E-state index is 12.8. The zero-order valence-electron chi connectivity index (χ0n) is 16.4. The predicted octanol–water partition coefficient (Wildman–Crippen LogP) is 5.95. The Bertz CT molecular complexity index is 1080. The summed E-state index contributed by atoms with van der Waals surface area (Å²) in [5.41, 5.74) is 3.33. The summed E-state index contributed by atoms with van der Waals surface area (Å²) < 4.78 is 44.0. The van der Waals surface area contributed by atoms with Gasteiger partial charge < -0.3 is 4.74 Å². The summed E-state index contributed by atoms with van der Waals surface area (Å²) in [5.74, 6) is 0.657. The fourth-order valence-electron chi connectivity index (χ4n) is 2.63. The van der Waals surface area contributed by atoms with Crippen LogP contribution in [0.15, 0.2) is 71.8 Å². The average molecular weight is 429 g/mol. The van der Waals surface area contributed by atoms with Crippen LogP contribution >= 0.6 is 0 Å². The van der Waals surface area contributed by atoms with E-state index in [1.54, 1.807) is 24.3 Å². The summed E-state index contributed by atoms with van der Waals surface area (Å²) in [6, 6.07) is 17.1. The van der Waals surface area contributed by atoms with Crippen LogP contribution in [0, 0.1) is 17.0 Å². The topological polar surface area (TPSA) is 76.8 Å². The highest BCUT2D eigenvalue weighted by molar-refractivity contribution is 5.80. The monoisotopic (exact) mass is 429 g/mol. The number of hydrazone groups is 1. The highest BCUT2D eigenvalue weighted by Gasteiger charge is 2.33. The molecule has 0 amide bonds. The van der Waals surface area contributed by atoms with E-state index in [1.165, 1.54) is 11.8 Å². The van der Waals surface area contributed by atoms with E-state index in [0.717, 1.165) is 17.7 Å². The van der Waals surface area contributed by atoms with Gasteiger partial charge in [0.15, 0.2) is 0 Å². The van der Waals surface area contributed by atoms with Gasteiger partial charge in [0.25, 0.3) is 5.69 Å². The molecule has 0 bridgehead atoms. The largest absolute Gasteiger partial charge is 0.489 e. The van der Waals surface area contributed by atoms with E-state index < -0.39 is 22.4 Å². The Labute approximate surface area is 176 Å². The van der Waals surface area contributed by atoms with Crippen molar-refractivity contribution in [2.45, 2.75) is 19.7 Å². The van der Waals surface area contributed by atoms with Crippen LogP contribution in [0.2, 0.25) is 0 Å². The van der Waals surface area contributed by atoms with Crippen LogP contribution in [-0.2, 0) is 12.8 Å². The first-order valence-corrected chi connectivity index (χ1v) is 9.15. The van der Waals surface area contributed by atoms with Crippen molar-refractivity contribution in [2.24, 2.45) is 5.10 Å². The minimum Gasteiger partial charge on any atom is -0.489 e. The molecule has 1 N–H and O–H groups in total. The molecule has 0 heterocycles. The molecule has 0 spiro atoms. The molecule has 0 radical (unpaired) electrons. The normalized spacial score (nSPS) is 11.5. The molecule has 0 aliphatic rings. The minimum absolute atomic E-state index is 0.146. The van der Waals surface area contributed by atoms with E-state index >= 15 is 0 Å². The summed E-state index contributed by atoms with van der Waals surface area (Å²) in [6.45, 7) is 2.43. The molecule has 160 valence electrons. The lowest BCUT2D eigenvalue weighted by Gasteiger charge is -2.08. The molecule has 0 fully saturated rings. The second-order valence-corrected chi connectivity index (χ2v) is 6.70. The van der Waals surface area contributed by atoms with Crippen molar-refractivity contribution in [3.63, 3.8) is 0 Å². The van der Waals surface area contributed by atoms with Crippen LogP contribution in [0.5, 0.6) is 5.75 Å². The SMILES string of the molecule is Cc1ccc(COc2ccc(/C=N\Nc3ccc(C(F)(F)F)cc3[N+](=O)[O-])cc2)cc1. The van der Waals surface area contributed by atoms with Gasteiger partial charge >= 0.3 is 6.18 Å². The lowest BCUT2D eigenvalue weighted by molar-refractivity contribution is -0.384. The van der Waals surface area contributed by atoms with Crippen molar-refractivity contribution in [1.29, 1.82) is 0 Å². The van der Waals surface area contributed by atoms with Crippen LogP contribution < -0.4 is 10.2 Å². The number of nitrogens with zero attached hydrogens (tertiary/aromatic N) is 2. The zero-order valence-corrected chi connectivity index (χ0v) is 16.4. The third-order valence-corrected chi connectivity index (χ3v) is 4.33. The number of anilines is 1. The lowest BCUT2D eigenvalue weighted by Crippen LogP contribution is -2.06. The minimum atomic E-state index is -4.67. The molecular formula is C22H18F3N3O3. The van der Waals surface area contributed by atoms with E-state index in [4.69, 9.17) is 4.74 Å². The maximum Gasteiger partial charge on any atom is 0.416 e. The Morgan fingerprint density at radius 1 is 1.06 bits per heavy atom. The van der Waals surface area contributed by atoms with Crippen LogP contribution in [0.3, 0.4) is 0 Å². The summed E-state index contributed by atoms with van der Waals surface area (Å²) in [7, 11) is 0. The number of rotatable bonds is 7. The third-order valence-electron chi connectivity index (χ3n) is 4.33. The molecule has 0 atom stereocenters. The molecule has 31 heavy (non-hydrogen) atoms. The van der Waals surface area contributed by atoms with Gasteiger partial charge in [-0.2, -0.15) is 18.3 Å². The molecule has 3 aromatic carbocycles. The number of nitro groups is 1. The van der Waals surface area contributed by atoms with Crippen LogP contribution in [-0.4, -0.2) is 11.1 Å². The van der Waals surface area contributed by atoms with Crippen LogP contribution in [0.25, 0.3) is 0 Å². The molecule has 3 aromatic rings. The smallest absolute Gasteiger partial charge is 0.416 e. The van der Waals surface area contributed by atoms with Crippen molar-refractivity contribution >= 4 is 17.6 Å². The second kappa shape index (κ2) is 9.29. The number of nitrogens with one attached hydrogen (secondary N) is 1. The molecule has 0 aliphatic carbocycles. The first kappa shape index (κ1) is 21.8. The summed E-state index contributed by atoms with van der Waals surface area (Å²) in [5, 5.41) is 15.0. The van der Waals surface area contributed by atoms with Crippen molar-refractivity contribution in [3.8, 4) is 5.75 Å². The fourth-order valence-corrected chi connectivity index (χ4v) is 2.63. The van der Waals surface area contributed by atoms with Gasteiger partial charge in [-0.3, -0.25) is 15.5 Å². The van der Waals surface area contributed by atoms with Gasteiger partial charge in [-0.05, 0) is 54.4 Å². The maximum absolute atomic E-state index is 12.8. The van der Waals surface area contributed by atoms with E-state index in [2.05, 4.69) is 10.5 Å². The number of nitro benzene ring substituents is 1. The summed E-state index contributed by atoms with van der Waals surface area (Å²) in [6.07, 6.45) is -3.28. The first-order valence-electron chi connectivity index (χ1n) is 9.15. The summed E-state index contributed by atoms with van der Waals surface area (Å²) in [4.78, 5) is 10.2. The molecule has 0 saturated heterocycles. The Kier molecular flexibility index (Phi) is 6.54. The van der Waals surface area contributed by atoms with Crippen molar-refractivity contribution in [3.05, 3.63) is 99.1 Å². The molecule has 0 aliphatic heterocycles. The number of alkyl halides is 3. The molecule has 6 nitrogen and oxygen atoms in total. The Morgan fingerprint density at radius 2 is 1.74 bits per heavy atom. The number of halogens is 3. The van der Waals surface area contributed by atoms with Gasteiger partial charge in [0.2, 0.25) is 0 Å². The zero-order chi connectivity index (χ0) is 22.4. The number of ether oxygens (including phenoxy) is 1. The second-order valence-electron chi connectivity index (χ2n) is 6.70. The van der Waals surface area contributed by atoms with Gasteiger partial charge in [-0.15, -0.1) is 0 Å². The quantitative estimate of drug-likeness (QED) is 0.286. The van der Waals surface area contributed by atoms with Gasteiger partial charge in [0.1, 0.15) is 18.0 Å². The first-order chi connectivity index (χ1) is 14.7. The van der Waals surface area contributed by atoms with Crippen LogP contribution in [0.1, 0.15) is 22.3 Å². The lowest BCUT2D eigenvalue weighted by atomic mass is 10.1. The molecule has 9 heteroatoms. The van der Waals surface area contributed by atoms with Crippen molar-refractivity contribution in [1.82, 2.24) is 0 Å². The number of aryl methyl sites for hydroxylation is 1. The van der Waals surface area contributed by atoms with Gasteiger partial charge in [-0.1, -0.05) is 29.8 Å². The third kappa shape index (κ3) is 6.05. The fraction of sp³-hybridized carbons (Fsp3) is 0.136. The molecule has 3 rings (SSSR count). The Hall–Kier alpha value is -3.88. The van der Waals surface area contributed by atoms with Gasteiger partial charge in [-0.25, -0.2) is 0 Å². The molecule has 0 saturated carbocycles. The van der Waals surface area contributed by atoms with Crippen LogP contribution in [0.4, 0.5) is 24.5 Å². The Balaban J connectivity index is 1.62. The highest BCUT2D eigenvalue weighted by Crippen LogP contribution is 2.34.